The lowest BCUT2D eigenvalue weighted by Gasteiger charge is -2.28. The SMILES string of the molecule is CC(C)Cn1c(SC(C)C(=O)Nc2cccc3ccccc23)nnc1N1CCOCC1. The lowest BCUT2D eigenvalue weighted by atomic mass is 10.1. The number of amides is 1. The molecule has 1 saturated heterocycles. The molecule has 31 heavy (non-hydrogen) atoms. The average molecular weight is 440 g/mol. The number of carbonyl (C=O) groups excluding carboxylic acids is 1. The van der Waals surface area contributed by atoms with Crippen LogP contribution in [0.1, 0.15) is 20.8 Å². The van der Waals surface area contributed by atoms with Crippen molar-refractivity contribution in [2.24, 2.45) is 5.92 Å². The summed E-state index contributed by atoms with van der Waals surface area (Å²) in [5, 5.41) is 14.6. The Morgan fingerprint density at radius 1 is 1.10 bits per heavy atom. The van der Waals surface area contributed by atoms with E-state index in [1.165, 1.54) is 11.8 Å². The summed E-state index contributed by atoms with van der Waals surface area (Å²) in [5.41, 5.74) is 0.827. The molecule has 1 amide bonds. The van der Waals surface area contributed by atoms with Crippen molar-refractivity contribution >= 4 is 40.1 Å². The smallest absolute Gasteiger partial charge is 0.237 e. The third kappa shape index (κ3) is 5.02. The monoisotopic (exact) mass is 439 g/mol. The molecule has 7 nitrogen and oxygen atoms in total. The van der Waals surface area contributed by atoms with Crippen molar-refractivity contribution < 1.29 is 9.53 Å². The molecular weight excluding hydrogens is 410 g/mol. The number of rotatable bonds is 7. The van der Waals surface area contributed by atoms with Crippen LogP contribution in [-0.2, 0) is 16.1 Å². The van der Waals surface area contributed by atoms with Gasteiger partial charge in [0, 0.05) is 30.7 Å². The fourth-order valence-electron chi connectivity index (χ4n) is 3.67. The van der Waals surface area contributed by atoms with E-state index < -0.39 is 0 Å². The second kappa shape index (κ2) is 9.70. The number of carbonyl (C=O) groups is 1. The van der Waals surface area contributed by atoms with Crippen LogP contribution < -0.4 is 10.2 Å². The van der Waals surface area contributed by atoms with Gasteiger partial charge in [-0.05, 0) is 24.3 Å². The van der Waals surface area contributed by atoms with Gasteiger partial charge in [0.1, 0.15) is 0 Å². The minimum absolute atomic E-state index is 0.0478. The number of thioether (sulfide) groups is 1. The predicted molar refractivity (Wildman–Crippen MR) is 126 cm³/mol. The normalized spacial score (nSPS) is 15.4. The highest BCUT2D eigenvalue weighted by atomic mass is 32.2. The topological polar surface area (TPSA) is 72.3 Å². The van der Waals surface area contributed by atoms with Crippen LogP contribution in [0.15, 0.2) is 47.6 Å². The Kier molecular flexibility index (Phi) is 6.77. The Labute approximate surface area is 187 Å². The van der Waals surface area contributed by atoms with Gasteiger partial charge in [-0.1, -0.05) is 62.0 Å². The zero-order chi connectivity index (χ0) is 21.8. The summed E-state index contributed by atoms with van der Waals surface area (Å²) in [4.78, 5) is 15.2. The number of hydrogen-bond donors (Lipinski definition) is 1. The van der Waals surface area contributed by atoms with Gasteiger partial charge in [-0.25, -0.2) is 0 Å². The minimum Gasteiger partial charge on any atom is -0.378 e. The molecule has 1 aliphatic rings. The number of ether oxygens (including phenoxy) is 1. The summed E-state index contributed by atoms with van der Waals surface area (Å²) in [6.45, 7) is 10.1. The molecule has 0 bridgehead atoms. The Morgan fingerprint density at radius 3 is 2.61 bits per heavy atom. The molecular formula is C23H29N5O2S. The Hall–Kier alpha value is -2.58. The largest absolute Gasteiger partial charge is 0.378 e. The zero-order valence-electron chi connectivity index (χ0n) is 18.2. The maximum atomic E-state index is 13.0. The number of hydrogen-bond acceptors (Lipinski definition) is 6. The molecule has 1 N–H and O–H groups in total. The highest BCUT2D eigenvalue weighted by Gasteiger charge is 2.24. The molecule has 4 rings (SSSR count). The van der Waals surface area contributed by atoms with E-state index in [4.69, 9.17) is 4.74 Å². The van der Waals surface area contributed by atoms with E-state index in [0.29, 0.717) is 19.1 Å². The molecule has 2 aromatic carbocycles. The van der Waals surface area contributed by atoms with Crippen molar-refractivity contribution in [2.75, 3.05) is 36.5 Å². The first-order chi connectivity index (χ1) is 15.0. The number of aromatic nitrogens is 3. The zero-order valence-corrected chi connectivity index (χ0v) is 19.1. The lowest BCUT2D eigenvalue weighted by molar-refractivity contribution is -0.115. The Bertz CT molecular complexity index is 1040. The summed E-state index contributed by atoms with van der Waals surface area (Å²) in [7, 11) is 0. The van der Waals surface area contributed by atoms with Crippen LogP contribution in [0.25, 0.3) is 10.8 Å². The molecule has 1 fully saturated rings. The molecule has 0 aliphatic carbocycles. The first-order valence-electron chi connectivity index (χ1n) is 10.7. The van der Waals surface area contributed by atoms with E-state index >= 15 is 0 Å². The minimum atomic E-state index is -0.313. The fourth-order valence-corrected chi connectivity index (χ4v) is 4.52. The molecule has 1 aliphatic heterocycles. The quantitative estimate of drug-likeness (QED) is 0.560. The molecule has 1 unspecified atom stereocenters. The summed E-state index contributed by atoms with van der Waals surface area (Å²) >= 11 is 1.45. The van der Waals surface area contributed by atoms with Gasteiger partial charge >= 0.3 is 0 Å². The van der Waals surface area contributed by atoms with Crippen molar-refractivity contribution in [2.45, 2.75) is 37.7 Å². The lowest BCUT2D eigenvalue weighted by Crippen LogP contribution is -2.38. The van der Waals surface area contributed by atoms with Gasteiger partial charge in [0.05, 0.1) is 18.5 Å². The number of anilines is 2. The van der Waals surface area contributed by atoms with Crippen molar-refractivity contribution in [1.82, 2.24) is 14.8 Å². The van der Waals surface area contributed by atoms with Crippen LogP contribution in [-0.4, -0.2) is 52.2 Å². The van der Waals surface area contributed by atoms with Gasteiger partial charge in [-0.3, -0.25) is 9.36 Å². The second-order valence-corrected chi connectivity index (χ2v) is 9.47. The Morgan fingerprint density at radius 2 is 1.84 bits per heavy atom. The van der Waals surface area contributed by atoms with Gasteiger partial charge in [-0.2, -0.15) is 0 Å². The highest BCUT2D eigenvalue weighted by Crippen LogP contribution is 2.29. The van der Waals surface area contributed by atoms with E-state index in [1.54, 1.807) is 0 Å². The summed E-state index contributed by atoms with van der Waals surface area (Å²) in [5.74, 6) is 1.25. The van der Waals surface area contributed by atoms with Gasteiger partial charge in [0.2, 0.25) is 11.9 Å². The molecule has 8 heteroatoms. The average Bonchev–Trinajstić information content (AvgIpc) is 3.16. The summed E-state index contributed by atoms with van der Waals surface area (Å²) in [6.07, 6.45) is 0. The van der Waals surface area contributed by atoms with Gasteiger partial charge in [-0.15, -0.1) is 10.2 Å². The van der Waals surface area contributed by atoms with Crippen molar-refractivity contribution in [3.05, 3.63) is 42.5 Å². The predicted octanol–water partition coefficient (Wildman–Crippen LogP) is 4.04. The molecule has 1 aromatic heterocycles. The van der Waals surface area contributed by atoms with E-state index in [9.17, 15) is 4.79 Å². The van der Waals surface area contributed by atoms with Gasteiger partial charge in [0.25, 0.3) is 0 Å². The standard InChI is InChI=1S/C23H29N5O2S/c1-16(2)15-28-22(27-11-13-30-14-12-27)25-26-23(28)31-17(3)21(29)24-20-10-6-8-18-7-4-5-9-19(18)20/h4-10,16-17H,11-15H2,1-3H3,(H,24,29). The van der Waals surface area contributed by atoms with Crippen LogP contribution in [0, 0.1) is 5.92 Å². The maximum Gasteiger partial charge on any atom is 0.237 e. The molecule has 3 aromatic rings. The molecule has 2 heterocycles. The number of nitrogens with one attached hydrogen (secondary N) is 1. The first-order valence-corrected chi connectivity index (χ1v) is 11.6. The first kappa shape index (κ1) is 21.6. The third-order valence-corrected chi connectivity index (χ3v) is 6.32. The van der Waals surface area contributed by atoms with E-state index in [-0.39, 0.29) is 11.2 Å². The third-order valence-electron chi connectivity index (χ3n) is 5.24. The molecule has 0 saturated carbocycles. The molecule has 0 radical (unpaired) electrons. The van der Waals surface area contributed by atoms with Crippen LogP contribution in [0.5, 0.6) is 0 Å². The van der Waals surface area contributed by atoms with E-state index in [1.807, 2.05) is 49.4 Å². The van der Waals surface area contributed by atoms with Crippen LogP contribution in [0.4, 0.5) is 11.6 Å². The Balaban J connectivity index is 1.51. The van der Waals surface area contributed by atoms with Crippen molar-refractivity contribution in [1.29, 1.82) is 0 Å². The fraction of sp³-hybridized carbons (Fsp3) is 0.435. The summed E-state index contributed by atoms with van der Waals surface area (Å²) in [6, 6.07) is 14.0. The molecule has 0 spiro atoms. The van der Waals surface area contributed by atoms with Crippen molar-refractivity contribution in [3.63, 3.8) is 0 Å². The summed E-state index contributed by atoms with van der Waals surface area (Å²) < 4.78 is 7.62. The second-order valence-electron chi connectivity index (χ2n) is 8.16. The number of benzene rings is 2. The number of morpholine rings is 1. The van der Waals surface area contributed by atoms with Gasteiger partial charge < -0.3 is 15.0 Å². The van der Waals surface area contributed by atoms with Gasteiger partial charge in [0.15, 0.2) is 5.16 Å². The molecule has 1 atom stereocenters. The number of fused-ring (bicyclic) bond motifs is 1. The highest BCUT2D eigenvalue weighted by molar-refractivity contribution is 8.00. The van der Waals surface area contributed by atoms with Crippen LogP contribution in [0.2, 0.25) is 0 Å². The number of nitrogens with zero attached hydrogens (tertiary/aromatic N) is 4. The molecule has 164 valence electrons. The van der Waals surface area contributed by atoms with E-state index in [2.05, 4.69) is 38.8 Å². The maximum absolute atomic E-state index is 13.0. The van der Waals surface area contributed by atoms with Crippen LogP contribution in [0.3, 0.4) is 0 Å². The van der Waals surface area contributed by atoms with Crippen LogP contribution >= 0.6 is 11.8 Å². The van der Waals surface area contributed by atoms with E-state index in [0.717, 1.165) is 47.2 Å². The van der Waals surface area contributed by atoms with Crippen molar-refractivity contribution in [3.8, 4) is 0 Å².